The van der Waals surface area contributed by atoms with E-state index in [1.807, 2.05) is 56.3 Å². The van der Waals surface area contributed by atoms with Crippen molar-refractivity contribution in [2.75, 3.05) is 0 Å². The molecule has 0 amide bonds. The maximum atomic E-state index is 4.52. The molecule has 0 atom stereocenters. The lowest BCUT2D eigenvalue weighted by atomic mass is 10.2. The van der Waals surface area contributed by atoms with Gasteiger partial charge in [-0.25, -0.2) is 10.2 Å². The smallest absolute Gasteiger partial charge is 0.0877 e. The van der Waals surface area contributed by atoms with Crippen molar-refractivity contribution < 1.29 is 0 Å². The van der Waals surface area contributed by atoms with Gasteiger partial charge in [-0.15, -0.1) is 0 Å². The highest BCUT2D eigenvalue weighted by molar-refractivity contribution is 6.30. The second-order valence-electron chi connectivity index (χ2n) is 4.95. The molecule has 7 heteroatoms. The van der Waals surface area contributed by atoms with Crippen LogP contribution in [0.1, 0.15) is 0 Å². The minimum absolute atomic E-state index is 0.894. The SMILES string of the molecule is [B-](n1ccc(-c2ccncc2)n1)n1ccc(-c2ccncc2)n1. The van der Waals surface area contributed by atoms with Gasteiger partial charge in [0.25, 0.3) is 0 Å². The van der Waals surface area contributed by atoms with Crippen LogP contribution < -0.4 is 0 Å². The van der Waals surface area contributed by atoms with Gasteiger partial charge in [-0.2, -0.15) is 0 Å². The second kappa shape index (κ2) is 5.88. The molecule has 0 N–H and O–H groups in total. The third kappa shape index (κ3) is 2.89. The zero-order valence-electron chi connectivity index (χ0n) is 12.2. The molecule has 0 aliphatic rings. The number of aromatic nitrogens is 6. The highest BCUT2D eigenvalue weighted by Gasteiger charge is 2.00. The van der Waals surface area contributed by atoms with E-state index in [1.54, 1.807) is 34.0 Å². The fourth-order valence-corrected chi connectivity index (χ4v) is 2.28. The minimum Gasteiger partial charge on any atom is -0.488 e. The van der Waals surface area contributed by atoms with Crippen LogP contribution in [0.3, 0.4) is 0 Å². The Labute approximate surface area is 133 Å². The first-order valence-electron chi connectivity index (χ1n) is 7.14. The number of nitrogens with zero attached hydrogens (tertiary/aromatic N) is 6. The molecule has 0 unspecified atom stereocenters. The van der Waals surface area contributed by atoms with Gasteiger partial charge in [0.1, 0.15) is 0 Å². The van der Waals surface area contributed by atoms with Gasteiger partial charge in [0.15, 0.2) is 0 Å². The highest BCUT2D eigenvalue weighted by Crippen LogP contribution is 2.16. The van der Waals surface area contributed by atoms with Crippen LogP contribution in [0, 0.1) is 0 Å². The maximum absolute atomic E-state index is 4.52. The van der Waals surface area contributed by atoms with E-state index >= 15 is 0 Å². The first-order valence-corrected chi connectivity index (χ1v) is 7.14. The number of rotatable bonds is 4. The summed E-state index contributed by atoms with van der Waals surface area (Å²) in [4.78, 5) is 8.03. The van der Waals surface area contributed by atoms with Gasteiger partial charge < -0.3 is 9.19 Å². The topological polar surface area (TPSA) is 61.4 Å². The Morgan fingerprint density at radius 3 is 1.48 bits per heavy atom. The molecule has 0 saturated carbocycles. The zero-order valence-corrected chi connectivity index (χ0v) is 12.2. The lowest BCUT2D eigenvalue weighted by Gasteiger charge is -2.17. The Bertz CT molecular complexity index is 825. The molecule has 4 heterocycles. The Morgan fingerprint density at radius 2 is 1.04 bits per heavy atom. The van der Waals surface area contributed by atoms with E-state index in [1.165, 1.54) is 0 Å². The molecule has 0 aliphatic heterocycles. The normalized spacial score (nSPS) is 10.8. The zero-order chi connectivity index (χ0) is 15.5. The van der Waals surface area contributed by atoms with Crippen molar-refractivity contribution in [3.8, 4) is 22.5 Å². The molecule has 4 aromatic rings. The summed E-state index contributed by atoms with van der Waals surface area (Å²) in [5.74, 6) is 0. The molecule has 0 fully saturated rings. The van der Waals surface area contributed by atoms with Crippen LogP contribution in [0.4, 0.5) is 0 Å². The lowest BCUT2D eigenvalue weighted by molar-refractivity contribution is 0.888. The van der Waals surface area contributed by atoms with Crippen LogP contribution in [0.5, 0.6) is 0 Å². The van der Waals surface area contributed by atoms with E-state index in [9.17, 15) is 0 Å². The summed E-state index contributed by atoms with van der Waals surface area (Å²) in [6.45, 7) is 0. The molecule has 23 heavy (non-hydrogen) atoms. The van der Waals surface area contributed by atoms with E-state index in [0.29, 0.717) is 0 Å². The fourth-order valence-electron chi connectivity index (χ4n) is 2.28. The van der Waals surface area contributed by atoms with Crippen LogP contribution in [0.2, 0.25) is 0 Å². The van der Waals surface area contributed by atoms with Crippen molar-refractivity contribution in [2.45, 2.75) is 0 Å². The Morgan fingerprint density at radius 1 is 0.609 bits per heavy atom. The monoisotopic (exact) mass is 299 g/mol. The largest absolute Gasteiger partial charge is 0.488 e. The predicted molar refractivity (Wildman–Crippen MR) is 87.5 cm³/mol. The highest BCUT2D eigenvalue weighted by atomic mass is 15.3. The van der Waals surface area contributed by atoms with Gasteiger partial charge in [0, 0.05) is 35.9 Å². The molecule has 0 aliphatic carbocycles. The molecule has 6 nitrogen and oxygen atoms in total. The molecular formula is C16H12BN6-. The summed E-state index contributed by atoms with van der Waals surface area (Å²) in [7, 11) is 1.81. The quantitative estimate of drug-likeness (QED) is 0.542. The molecule has 0 bridgehead atoms. The van der Waals surface area contributed by atoms with E-state index in [0.717, 1.165) is 22.5 Å². The number of pyridine rings is 2. The fraction of sp³-hybridized carbons (Fsp3) is 0. The Hall–Kier alpha value is -3.22. The average molecular weight is 299 g/mol. The Kier molecular flexibility index (Phi) is 3.44. The molecule has 4 aromatic heterocycles. The van der Waals surface area contributed by atoms with E-state index < -0.39 is 0 Å². The summed E-state index contributed by atoms with van der Waals surface area (Å²) in [5, 5.41) is 9.04. The predicted octanol–water partition coefficient (Wildman–Crippen LogP) is 2.13. The van der Waals surface area contributed by atoms with Crippen LogP contribution >= 0.6 is 0 Å². The van der Waals surface area contributed by atoms with E-state index in [-0.39, 0.29) is 0 Å². The molecule has 110 valence electrons. The van der Waals surface area contributed by atoms with Crippen molar-refractivity contribution in [1.29, 1.82) is 0 Å². The molecule has 4 rings (SSSR count). The summed E-state index contributed by atoms with van der Waals surface area (Å²) in [6.07, 6.45) is 10.8. The van der Waals surface area contributed by atoms with E-state index in [4.69, 9.17) is 0 Å². The van der Waals surface area contributed by atoms with Crippen LogP contribution in [-0.4, -0.2) is 36.9 Å². The minimum atomic E-state index is 0.894. The molecular weight excluding hydrogens is 287 g/mol. The average Bonchev–Trinajstić information content (AvgIpc) is 3.27. The van der Waals surface area contributed by atoms with Crippen molar-refractivity contribution in [3.63, 3.8) is 0 Å². The summed E-state index contributed by atoms with van der Waals surface area (Å²) in [6, 6.07) is 11.6. The summed E-state index contributed by atoms with van der Waals surface area (Å²) < 4.78 is 3.47. The van der Waals surface area contributed by atoms with Crippen molar-refractivity contribution in [3.05, 3.63) is 73.6 Å². The molecule has 0 aromatic carbocycles. The van der Waals surface area contributed by atoms with Gasteiger partial charge in [0.05, 0.1) is 11.4 Å². The number of hydrogen-bond donors (Lipinski definition) is 0. The van der Waals surface area contributed by atoms with E-state index in [2.05, 4.69) is 20.2 Å². The summed E-state index contributed by atoms with van der Waals surface area (Å²) in [5.41, 5.74) is 3.85. The first-order chi connectivity index (χ1) is 11.4. The number of hydrogen-bond acceptors (Lipinski definition) is 4. The van der Waals surface area contributed by atoms with Crippen LogP contribution in [0.25, 0.3) is 22.5 Å². The van der Waals surface area contributed by atoms with Crippen LogP contribution in [0.15, 0.2) is 73.6 Å². The second-order valence-corrected chi connectivity index (χ2v) is 4.95. The molecule has 2 radical (unpaired) electrons. The first kappa shape index (κ1) is 13.4. The van der Waals surface area contributed by atoms with Crippen molar-refractivity contribution >= 4 is 7.55 Å². The van der Waals surface area contributed by atoms with Gasteiger partial charge in [-0.05, 0) is 56.3 Å². The van der Waals surface area contributed by atoms with Gasteiger partial charge in [-0.1, -0.05) is 0 Å². The third-order valence-corrected chi connectivity index (χ3v) is 3.41. The maximum Gasteiger partial charge on any atom is 0.0877 e. The van der Waals surface area contributed by atoms with Crippen molar-refractivity contribution in [2.24, 2.45) is 0 Å². The van der Waals surface area contributed by atoms with Gasteiger partial charge in [0.2, 0.25) is 0 Å². The molecule has 0 spiro atoms. The lowest BCUT2D eigenvalue weighted by Crippen LogP contribution is -2.17. The van der Waals surface area contributed by atoms with Crippen molar-refractivity contribution in [1.82, 2.24) is 29.4 Å². The summed E-state index contributed by atoms with van der Waals surface area (Å²) >= 11 is 0. The van der Waals surface area contributed by atoms with Gasteiger partial charge in [-0.3, -0.25) is 9.97 Å². The van der Waals surface area contributed by atoms with Crippen LogP contribution in [-0.2, 0) is 0 Å². The standard InChI is InChI=1S/C16H12BN6/c1-7-18-8-2-13(1)15-5-11-22(20-15)17-23-12-6-16(21-23)14-3-9-19-10-4-14/h1-12H/q-1. The van der Waals surface area contributed by atoms with Gasteiger partial charge >= 0.3 is 0 Å². The third-order valence-electron chi connectivity index (χ3n) is 3.41. The Balaban J connectivity index is 1.53. The molecule has 0 saturated heterocycles.